The number of Topliss-reactive ketones (excluding diaryl/α,β-unsaturated/α-hetero) is 2. The molecular formula is C79H121BO6Si2. The van der Waals surface area contributed by atoms with E-state index in [1.807, 2.05) is 12.1 Å². The lowest BCUT2D eigenvalue weighted by atomic mass is 9.67. The van der Waals surface area contributed by atoms with Gasteiger partial charge in [0.05, 0.1) is 23.4 Å². The molecule has 6 rings (SSSR count). The average Bonchev–Trinajstić information content (AvgIpc) is 1.27. The van der Waals surface area contributed by atoms with Crippen LogP contribution in [-0.4, -0.2) is 58.7 Å². The van der Waals surface area contributed by atoms with Crippen molar-refractivity contribution in [1.29, 1.82) is 0 Å². The highest BCUT2D eigenvalue weighted by Crippen LogP contribution is 2.46. The number of benzene rings is 5. The standard InChI is InChI=1S/C41H58O3Si.C38H63BO3Si/c1-14-41(15-2,35-23-24-36(29(4)27-35)32-16-18-33(19-17-32)38(43)30(5)42)34-22-20-31(28(3)26-34)21-25-37(39(6,7)8)44-45(12,13)40(9,10)11;1-17-38(18-2,31-22-23-32(28(4)26-31)39-41-36(11,12)37(13,14)42-39)30-21-19-29(27(3)25-30)20-24-33(34(5,6)7)40-43(15,16)35(8,9)10/h16-20,22-24,26-27,37H,14-15,21,25H2,1-13H3;19,21-23,25-26,33H,17-18,20,24H2,1-16H3. The van der Waals surface area contributed by atoms with Crippen molar-refractivity contribution < 1.29 is 27.7 Å². The minimum absolute atomic E-state index is 0.0398. The van der Waals surface area contributed by atoms with Crippen molar-refractivity contribution in [3.05, 3.63) is 158 Å². The van der Waals surface area contributed by atoms with Crippen LogP contribution in [-0.2, 0) is 46.6 Å². The molecule has 0 radical (unpaired) electrons. The first-order chi connectivity index (χ1) is 40.3. The van der Waals surface area contributed by atoms with Crippen LogP contribution >= 0.6 is 0 Å². The lowest BCUT2D eigenvalue weighted by Crippen LogP contribution is -2.47. The molecule has 2 atom stereocenters. The van der Waals surface area contributed by atoms with Gasteiger partial charge in [-0.1, -0.05) is 213 Å². The second kappa shape index (κ2) is 27.9. The van der Waals surface area contributed by atoms with Crippen molar-refractivity contribution in [1.82, 2.24) is 0 Å². The molecule has 88 heavy (non-hydrogen) atoms. The molecule has 0 aromatic heterocycles. The molecule has 1 aliphatic heterocycles. The SMILES string of the molecule is CCC(CC)(c1ccc(CCC(O[Si](C)(C)C(C)(C)C)C(C)(C)C)c(C)c1)c1ccc(-c2ccc(C(=O)C(C)=O)cc2)c(C)c1.CCC(CC)(c1ccc(CCC(O[Si](C)(C)C(C)(C)C)C(C)(C)C)c(C)c1)c1ccc(B2OC(C)(C)C(C)(C)O2)c(C)c1. The zero-order chi connectivity index (χ0) is 66.8. The van der Waals surface area contributed by atoms with Crippen molar-refractivity contribution in [2.75, 3.05) is 0 Å². The fourth-order valence-corrected chi connectivity index (χ4v) is 15.6. The van der Waals surface area contributed by atoms with E-state index in [9.17, 15) is 9.59 Å². The molecule has 1 saturated heterocycles. The minimum atomic E-state index is -1.88. The van der Waals surface area contributed by atoms with Gasteiger partial charge in [-0.3, -0.25) is 9.59 Å². The van der Waals surface area contributed by atoms with Gasteiger partial charge in [0.25, 0.3) is 0 Å². The molecule has 0 spiro atoms. The fourth-order valence-electron chi connectivity index (χ4n) is 12.5. The van der Waals surface area contributed by atoms with Crippen LogP contribution in [0.1, 0.15) is 250 Å². The first kappa shape index (κ1) is 74.5. The predicted octanol–water partition coefficient (Wildman–Crippen LogP) is 21.3. The summed E-state index contributed by atoms with van der Waals surface area (Å²) in [6, 6.07) is 35.5. The van der Waals surface area contributed by atoms with Gasteiger partial charge in [-0.05, 0) is 221 Å². The molecule has 0 N–H and O–H groups in total. The zero-order valence-corrected chi connectivity index (χ0v) is 63.1. The Labute approximate surface area is 540 Å². The number of hydrogen-bond donors (Lipinski definition) is 0. The van der Waals surface area contributed by atoms with Crippen molar-refractivity contribution in [3.8, 4) is 11.1 Å². The Hall–Kier alpha value is -4.22. The third-order valence-electron chi connectivity index (χ3n) is 21.9. The summed E-state index contributed by atoms with van der Waals surface area (Å²) in [5.74, 6) is -0.883. The first-order valence-electron chi connectivity index (χ1n) is 33.6. The third-order valence-corrected chi connectivity index (χ3v) is 30.8. The number of ketones is 2. The van der Waals surface area contributed by atoms with Crippen LogP contribution < -0.4 is 5.46 Å². The molecule has 0 saturated carbocycles. The lowest BCUT2D eigenvalue weighted by molar-refractivity contribution is -0.113. The van der Waals surface area contributed by atoms with Crippen LogP contribution in [0.4, 0.5) is 0 Å². The Morgan fingerprint density at radius 3 is 1.14 bits per heavy atom. The summed E-state index contributed by atoms with van der Waals surface area (Å²) in [5.41, 5.74) is 16.6. The van der Waals surface area contributed by atoms with E-state index < -0.39 is 28.2 Å². The minimum Gasteiger partial charge on any atom is -0.413 e. The van der Waals surface area contributed by atoms with Crippen molar-refractivity contribution >= 4 is 40.8 Å². The van der Waals surface area contributed by atoms with Gasteiger partial charge >= 0.3 is 7.12 Å². The summed E-state index contributed by atoms with van der Waals surface area (Å²) in [7, 11) is -4.07. The van der Waals surface area contributed by atoms with E-state index >= 15 is 0 Å². The van der Waals surface area contributed by atoms with Crippen LogP contribution in [0.2, 0.25) is 36.3 Å². The van der Waals surface area contributed by atoms with Crippen molar-refractivity contribution in [3.63, 3.8) is 0 Å². The Morgan fingerprint density at radius 1 is 0.489 bits per heavy atom. The lowest BCUT2D eigenvalue weighted by Gasteiger charge is -2.43. The molecular weight excluding hydrogens is 1110 g/mol. The first-order valence-corrected chi connectivity index (χ1v) is 39.4. The summed E-state index contributed by atoms with van der Waals surface area (Å²) in [4.78, 5) is 23.6. The van der Waals surface area contributed by atoms with E-state index in [1.54, 1.807) is 12.1 Å². The van der Waals surface area contributed by atoms with Gasteiger partial charge in [-0.15, -0.1) is 0 Å². The molecule has 1 aliphatic rings. The maximum atomic E-state index is 12.1. The van der Waals surface area contributed by atoms with E-state index in [2.05, 4.69) is 265 Å². The highest BCUT2D eigenvalue weighted by atomic mass is 28.4. The van der Waals surface area contributed by atoms with Crippen LogP contribution in [0.15, 0.2) is 97.1 Å². The van der Waals surface area contributed by atoms with E-state index in [4.69, 9.17) is 18.2 Å². The zero-order valence-electron chi connectivity index (χ0n) is 61.1. The quantitative estimate of drug-likeness (QED) is 0.0391. The molecule has 9 heteroatoms. The summed E-state index contributed by atoms with van der Waals surface area (Å²) in [6.45, 7) is 65.4. The van der Waals surface area contributed by atoms with Crippen LogP contribution in [0.3, 0.4) is 0 Å². The highest BCUT2D eigenvalue weighted by Gasteiger charge is 2.52. The van der Waals surface area contributed by atoms with Crippen molar-refractivity contribution in [2.45, 2.75) is 295 Å². The topological polar surface area (TPSA) is 71.1 Å². The average molecular weight is 1230 g/mol. The van der Waals surface area contributed by atoms with Gasteiger partial charge in [0, 0.05) is 23.3 Å². The summed E-state index contributed by atoms with van der Waals surface area (Å²) >= 11 is 0. The van der Waals surface area contributed by atoms with E-state index in [0.29, 0.717) is 5.56 Å². The summed E-state index contributed by atoms with van der Waals surface area (Å²) in [6.07, 6.45) is 8.68. The Morgan fingerprint density at radius 2 is 0.830 bits per heavy atom. The van der Waals surface area contributed by atoms with Crippen LogP contribution in [0.25, 0.3) is 11.1 Å². The molecule has 2 unspecified atom stereocenters. The van der Waals surface area contributed by atoms with Crippen LogP contribution in [0.5, 0.6) is 0 Å². The normalized spacial score (nSPS) is 15.9. The smallest absolute Gasteiger partial charge is 0.413 e. The monoisotopic (exact) mass is 1230 g/mol. The molecule has 0 bridgehead atoms. The molecule has 0 aliphatic carbocycles. The second-order valence-corrected chi connectivity index (χ2v) is 42.1. The number of hydrogen-bond acceptors (Lipinski definition) is 6. The fraction of sp³-hybridized carbons (Fsp3) is 0.595. The molecule has 5 aromatic rings. The van der Waals surface area contributed by atoms with Crippen molar-refractivity contribution in [2.24, 2.45) is 10.8 Å². The maximum absolute atomic E-state index is 12.1. The predicted molar refractivity (Wildman–Crippen MR) is 383 cm³/mol. The molecule has 6 nitrogen and oxygen atoms in total. The number of carbonyl (C=O) groups excluding carboxylic acids is 2. The number of carbonyl (C=O) groups is 2. The molecule has 1 heterocycles. The number of aryl methyl sites for hydroxylation is 6. The maximum Gasteiger partial charge on any atom is 0.495 e. The highest BCUT2D eigenvalue weighted by molar-refractivity contribution is 6.74. The molecule has 5 aromatic carbocycles. The van der Waals surface area contributed by atoms with Crippen LogP contribution in [0, 0.1) is 38.5 Å². The third kappa shape index (κ3) is 16.7. The van der Waals surface area contributed by atoms with Gasteiger partial charge in [0.15, 0.2) is 22.4 Å². The Kier molecular flexibility index (Phi) is 23.7. The molecule has 484 valence electrons. The summed E-state index contributed by atoms with van der Waals surface area (Å²) in [5, 5.41) is 0.397. The van der Waals surface area contributed by atoms with Gasteiger partial charge in [0.1, 0.15) is 0 Å². The van der Waals surface area contributed by atoms with E-state index in [-0.39, 0.29) is 62.3 Å². The van der Waals surface area contributed by atoms with Gasteiger partial charge in [-0.2, -0.15) is 0 Å². The largest absolute Gasteiger partial charge is 0.495 e. The second-order valence-electron chi connectivity index (χ2n) is 32.6. The van der Waals surface area contributed by atoms with E-state index in [0.717, 1.165) is 68.0 Å². The summed E-state index contributed by atoms with van der Waals surface area (Å²) < 4.78 is 26.8. The van der Waals surface area contributed by atoms with Gasteiger partial charge in [-0.25, -0.2) is 0 Å². The van der Waals surface area contributed by atoms with Gasteiger partial charge in [0.2, 0.25) is 5.78 Å². The molecule has 0 amide bonds. The van der Waals surface area contributed by atoms with Gasteiger partial charge < -0.3 is 18.2 Å². The Bertz CT molecular complexity index is 3170. The Balaban J connectivity index is 0.000000321. The van der Waals surface area contributed by atoms with E-state index in [1.165, 1.54) is 62.6 Å². The molecule has 1 fully saturated rings. The number of rotatable bonds is 22.